The zero-order valence-corrected chi connectivity index (χ0v) is 21.1. The van der Waals surface area contributed by atoms with Gasteiger partial charge in [0.1, 0.15) is 6.42 Å². The minimum Gasteiger partial charge on any atom is -0.469 e. The molecule has 0 radical (unpaired) electrons. The predicted molar refractivity (Wildman–Crippen MR) is 143 cm³/mol. The molecule has 0 saturated heterocycles. The highest BCUT2D eigenvalue weighted by Gasteiger charge is 2.28. The number of urea groups is 1. The van der Waals surface area contributed by atoms with Crippen LogP contribution in [0.25, 0.3) is 0 Å². The monoisotopic (exact) mass is 514 g/mol. The standard InChI is InChI=1S/C29H30N4O5/c1-38-28(36)17-24(21-10-6-3-7-11-21)32-26(34)18-27(35)33-15-14-22-12-13-23(16-25(22)33)31-29(37)30-19-20-8-4-2-5-9-20/h2-13,16,24H,14-15,17-19H2,1H3,(H,32,34)(H2,30,31,37). The molecule has 9 heteroatoms. The minimum atomic E-state index is -0.611. The lowest BCUT2D eigenvalue weighted by Gasteiger charge is -2.21. The first-order chi connectivity index (χ1) is 18.4. The first-order valence-corrected chi connectivity index (χ1v) is 12.4. The normalized spacial score (nSPS) is 12.7. The van der Waals surface area contributed by atoms with Gasteiger partial charge in [-0.1, -0.05) is 66.7 Å². The number of carbonyl (C=O) groups excluding carboxylic acids is 4. The van der Waals surface area contributed by atoms with Crippen molar-refractivity contribution >= 4 is 35.2 Å². The van der Waals surface area contributed by atoms with Crippen molar-refractivity contribution in [2.45, 2.75) is 31.8 Å². The fourth-order valence-electron chi connectivity index (χ4n) is 4.34. The number of rotatable bonds is 9. The molecule has 0 fully saturated rings. The Hall–Kier alpha value is -4.66. The fourth-order valence-corrected chi connectivity index (χ4v) is 4.34. The molecule has 1 heterocycles. The van der Waals surface area contributed by atoms with Crippen LogP contribution in [0.3, 0.4) is 0 Å². The summed E-state index contributed by atoms with van der Waals surface area (Å²) >= 11 is 0. The minimum absolute atomic E-state index is 0.0473. The first kappa shape index (κ1) is 26.4. The topological polar surface area (TPSA) is 117 Å². The zero-order valence-electron chi connectivity index (χ0n) is 21.1. The Kier molecular flexibility index (Phi) is 8.71. The molecule has 0 bridgehead atoms. The summed E-state index contributed by atoms with van der Waals surface area (Å²) in [6.45, 7) is 0.826. The van der Waals surface area contributed by atoms with Crippen molar-refractivity contribution in [1.82, 2.24) is 10.6 Å². The summed E-state index contributed by atoms with van der Waals surface area (Å²) in [7, 11) is 1.29. The van der Waals surface area contributed by atoms with Crippen molar-refractivity contribution in [2.75, 3.05) is 23.9 Å². The Bertz CT molecular complexity index is 1300. The number of methoxy groups -OCH3 is 1. The zero-order chi connectivity index (χ0) is 26.9. The summed E-state index contributed by atoms with van der Waals surface area (Å²) in [4.78, 5) is 51.7. The number of fused-ring (bicyclic) bond motifs is 1. The second-order valence-electron chi connectivity index (χ2n) is 8.92. The Morgan fingerprint density at radius 3 is 2.37 bits per heavy atom. The third-order valence-electron chi connectivity index (χ3n) is 6.28. The maximum Gasteiger partial charge on any atom is 0.319 e. The molecule has 4 rings (SSSR count). The van der Waals surface area contributed by atoms with Gasteiger partial charge in [0, 0.05) is 24.5 Å². The van der Waals surface area contributed by atoms with Gasteiger partial charge in [-0.05, 0) is 35.2 Å². The van der Waals surface area contributed by atoms with Crippen molar-refractivity contribution in [3.05, 3.63) is 95.6 Å². The van der Waals surface area contributed by atoms with Gasteiger partial charge in [-0.2, -0.15) is 0 Å². The smallest absolute Gasteiger partial charge is 0.319 e. The first-order valence-electron chi connectivity index (χ1n) is 12.4. The third kappa shape index (κ3) is 6.97. The van der Waals surface area contributed by atoms with Crippen LogP contribution < -0.4 is 20.9 Å². The van der Waals surface area contributed by atoms with Crippen molar-refractivity contribution < 1.29 is 23.9 Å². The summed E-state index contributed by atoms with van der Waals surface area (Å²) in [6, 6.07) is 23.1. The second kappa shape index (κ2) is 12.5. The van der Waals surface area contributed by atoms with Gasteiger partial charge < -0.3 is 25.6 Å². The molecule has 3 N–H and O–H groups in total. The maximum atomic E-state index is 13.1. The Labute approximate surface area is 221 Å². The fraction of sp³-hybridized carbons (Fsp3) is 0.241. The number of anilines is 2. The number of nitrogens with one attached hydrogen (secondary N) is 3. The number of benzene rings is 3. The molecule has 0 aromatic heterocycles. The van der Waals surface area contributed by atoms with Crippen LogP contribution >= 0.6 is 0 Å². The predicted octanol–water partition coefficient (Wildman–Crippen LogP) is 3.71. The molecular formula is C29H30N4O5. The van der Waals surface area contributed by atoms with E-state index in [1.165, 1.54) is 7.11 Å². The van der Waals surface area contributed by atoms with Crippen LogP contribution in [0.4, 0.5) is 16.2 Å². The molecule has 0 spiro atoms. The van der Waals surface area contributed by atoms with E-state index in [0.717, 1.165) is 16.7 Å². The van der Waals surface area contributed by atoms with Crippen LogP contribution in [-0.4, -0.2) is 37.5 Å². The lowest BCUT2D eigenvalue weighted by molar-refractivity contribution is -0.141. The Morgan fingerprint density at radius 1 is 0.947 bits per heavy atom. The molecule has 9 nitrogen and oxygen atoms in total. The Morgan fingerprint density at radius 2 is 1.66 bits per heavy atom. The van der Waals surface area contributed by atoms with E-state index in [0.29, 0.717) is 30.9 Å². The molecule has 196 valence electrons. The van der Waals surface area contributed by atoms with Gasteiger partial charge in [0.25, 0.3) is 0 Å². The van der Waals surface area contributed by atoms with Crippen molar-refractivity contribution in [3.63, 3.8) is 0 Å². The molecule has 0 aliphatic carbocycles. The molecule has 0 saturated carbocycles. The van der Waals surface area contributed by atoms with Crippen LogP contribution in [0, 0.1) is 0 Å². The second-order valence-corrected chi connectivity index (χ2v) is 8.92. The van der Waals surface area contributed by atoms with E-state index in [-0.39, 0.29) is 24.8 Å². The van der Waals surface area contributed by atoms with Crippen molar-refractivity contribution in [3.8, 4) is 0 Å². The van der Waals surface area contributed by atoms with Crippen LogP contribution in [-0.2, 0) is 32.1 Å². The molecule has 1 unspecified atom stereocenters. The molecule has 3 aromatic carbocycles. The van der Waals surface area contributed by atoms with E-state index >= 15 is 0 Å². The summed E-state index contributed by atoms with van der Waals surface area (Å²) in [5.74, 6) is -1.32. The van der Waals surface area contributed by atoms with Gasteiger partial charge in [-0.15, -0.1) is 0 Å². The van der Waals surface area contributed by atoms with Crippen molar-refractivity contribution in [2.24, 2.45) is 0 Å². The summed E-state index contributed by atoms with van der Waals surface area (Å²) in [5, 5.41) is 8.40. The molecular weight excluding hydrogens is 484 g/mol. The highest BCUT2D eigenvalue weighted by atomic mass is 16.5. The van der Waals surface area contributed by atoms with E-state index in [2.05, 4.69) is 16.0 Å². The number of carbonyl (C=O) groups is 4. The largest absolute Gasteiger partial charge is 0.469 e. The van der Waals surface area contributed by atoms with Gasteiger partial charge in [0.15, 0.2) is 0 Å². The van der Waals surface area contributed by atoms with Gasteiger partial charge >= 0.3 is 12.0 Å². The van der Waals surface area contributed by atoms with Crippen LogP contribution in [0.5, 0.6) is 0 Å². The quantitative estimate of drug-likeness (QED) is 0.297. The van der Waals surface area contributed by atoms with E-state index in [1.54, 1.807) is 29.2 Å². The number of nitrogens with zero attached hydrogens (tertiary/aromatic N) is 1. The SMILES string of the molecule is COC(=O)CC(NC(=O)CC(=O)N1CCc2ccc(NC(=O)NCc3ccccc3)cc21)c1ccccc1. The van der Waals surface area contributed by atoms with Crippen LogP contribution in [0.1, 0.15) is 35.6 Å². The molecule has 38 heavy (non-hydrogen) atoms. The summed E-state index contributed by atoms with van der Waals surface area (Å²) < 4.78 is 4.76. The average molecular weight is 515 g/mol. The van der Waals surface area contributed by atoms with Gasteiger partial charge in [0.2, 0.25) is 11.8 Å². The lowest BCUT2D eigenvalue weighted by Crippen LogP contribution is -2.37. The highest BCUT2D eigenvalue weighted by molar-refractivity contribution is 6.06. The molecule has 1 aliphatic rings. The van der Waals surface area contributed by atoms with E-state index < -0.39 is 17.9 Å². The van der Waals surface area contributed by atoms with E-state index in [4.69, 9.17) is 4.74 Å². The molecule has 1 aliphatic heterocycles. The van der Waals surface area contributed by atoms with E-state index in [9.17, 15) is 19.2 Å². The number of hydrogen-bond acceptors (Lipinski definition) is 5. The highest BCUT2D eigenvalue weighted by Crippen LogP contribution is 2.31. The number of ether oxygens (including phenoxy) is 1. The van der Waals surface area contributed by atoms with Gasteiger partial charge in [0.05, 0.1) is 19.6 Å². The third-order valence-corrected chi connectivity index (χ3v) is 6.28. The van der Waals surface area contributed by atoms with E-state index in [1.807, 2.05) is 54.6 Å². The van der Waals surface area contributed by atoms with Gasteiger partial charge in [-0.3, -0.25) is 14.4 Å². The number of amides is 4. The number of hydrogen-bond donors (Lipinski definition) is 3. The number of esters is 1. The molecule has 4 amide bonds. The van der Waals surface area contributed by atoms with Crippen LogP contribution in [0.15, 0.2) is 78.9 Å². The average Bonchev–Trinajstić information content (AvgIpc) is 3.36. The Balaban J connectivity index is 1.36. The maximum absolute atomic E-state index is 13.1. The van der Waals surface area contributed by atoms with Crippen LogP contribution in [0.2, 0.25) is 0 Å². The molecule has 3 aromatic rings. The summed E-state index contributed by atoms with van der Waals surface area (Å²) in [6.07, 6.45) is 0.228. The molecule has 1 atom stereocenters. The van der Waals surface area contributed by atoms with Crippen molar-refractivity contribution in [1.29, 1.82) is 0 Å². The summed E-state index contributed by atoms with van der Waals surface area (Å²) in [5.41, 5.74) is 3.89. The van der Waals surface area contributed by atoms with Gasteiger partial charge in [-0.25, -0.2) is 4.79 Å². The lowest BCUT2D eigenvalue weighted by atomic mass is 10.0.